The average molecular weight is 450 g/mol. The molecule has 1 N–H and O–H groups in total. The van der Waals surface area contributed by atoms with Gasteiger partial charge in [0.25, 0.3) is 11.6 Å². The number of nitro benzene ring substituents is 1. The van der Waals surface area contributed by atoms with Gasteiger partial charge in [-0.05, 0) is 42.4 Å². The predicted molar refractivity (Wildman–Crippen MR) is 125 cm³/mol. The number of carbonyl (C=O) groups excluding carboxylic acids is 2. The zero-order chi connectivity index (χ0) is 24.0. The van der Waals surface area contributed by atoms with Crippen molar-refractivity contribution in [3.63, 3.8) is 0 Å². The fourth-order valence-corrected chi connectivity index (χ4v) is 3.88. The van der Waals surface area contributed by atoms with Gasteiger partial charge in [0, 0.05) is 25.2 Å². The molecule has 0 aromatic heterocycles. The van der Waals surface area contributed by atoms with Crippen molar-refractivity contribution in [1.29, 1.82) is 0 Å². The minimum atomic E-state index is -0.832. The summed E-state index contributed by atoms with van der Waals surface area (Å²) in [6.45, 7) is 6.49. The van der Waals surface area contributed by atoms with Gasteiger partial charge in [-0.3, -0.25) is 19.7 Å². The van der Waals surface area contributed by atoms with Crippen LogP contribution in [0.5, 0.6) is 0 Å². The minimum absolute atomic E-state index is 0.0272. The molecule has 3 rings (SSSR count). The van der Waals surface area contributed by atoms with Gasteiger partial charge < -0.3 is 14.9 Å². The summed E-state index contributed by atoms with van der Waals surface area (Å²) < 4.78 is 0. The van der Waals surface area contributed by atoms with Crippen molar-refractivity contribution >= 4 is 23.5 Å². The highest BCUT2D eigenvalue weighted by Gasteiger charge is 2.42. The van der Waals surface area contributed by atoms with E-state index in [1.807, 2.05) is 44.2 Å². The largest absolute Gasteiger partial charge is 0.503 e. The first-order valence-electron chi connectivity index (χ1n) is 10.9. The Balaban J connectivity index is 1.97. The highest BCUT2D eigenvalue weighted by atomic mass is 16.6. The molecule has 0 saturated heterocycles. The van der Waals surface area contributed by atoms with Crippen LogP contribution < -0.4 is 0 Å². The van der Waals surface area contributed by atoms with Gasteiger partial charge in [-0.25, -0.2) is 0 Å². The van der Waals surface area contributed by atoms with Crippen LogP contribution in [0.3, 0.4) is 0 Å². The molecule has 172 valence electrons. The van der Waals surface area contributed by atoms with Crippen LogP contribution >= 0.6 is 0 Å². The molecular weight excluding hydrogens is 422 g/mol. The molecule has 1 heterocycles. The standard InChI is InChI=1S/C25H27N3O5/c1-3-26(4-2)16-17-27-23(19-11-13-20(14-12-19)28(32)33)22(24(30)25(27)31)21(29)15-10-18-8-6-5-7-9-18/h5-15,23,30H,3-4,16-17H2,1-2H3. The second-order valence-corrected chi connectivity index (χ2v) is 7.65. The number of aliphatic hydroxyl groups is 1. The number of aliphatic hydroxyl groups excluding tert-OH is 1. The maximum absolute atomic E-state index is 13.1. The fraction of sp³-hybridized carbons (Fsp3) is 0.280. The van der Waals surface area contributed by atoms with Gasteiger partial charge in [-0.15, -0.1) is 0 Å². The van der Waals surface area contributed by atoms with Crippen molar-refractivity contribution in [3.05, 3.63) is 93.2 Å². The SMILES string of the molecule is CCN(CC)CCN1C(=O)C(O)=C(C(=O)C=Cc2ccccc2)C1c1ccc([N+](=O)[O-])cc1. The summed E-state index contributed by atoms with van der Waals surface area (Å²) in [7, 11) is 0. The summed E-state index contributed by atoms with van der Waals surface area (Å²) in [5, 5.41) is 21.7. The predicted octanol–water partition coefficient (Wildman–Crippen LogP) is 3.91. The fourth-order valence-electron chi connectivity index (χ4n) is 3.88. The van der Waals surface area contributed by atoms with Gasteiger partial charge in [0.15, 0.2) is 11.5 Å². The van der Waals surface area contributed by atoms with Crippen LogP contribution in [0.4, 0.5) is 5.69 Å². The third-order valence-electron chi connectivity index (χ3n) is 5.77. The van der Waals surface area contributed by atoms with Crippen molar-refractivity contribution in [2.24, 2.45) is 0 Å². The maximum Gasteiger partial charge on any atom is 0.290 e. The number of likely N-dealkylation sites (N-methyl/N-ethyl adjacent to an activating group) is 1. The second kappa shape index (κ2) is 10.7. The van der Waals surface area contributed by atoms with Gasteiger partial charge >= 0.3 is 0 Å². The number of hydrogen-bond acceptors (Lipinski definition) is 6. The Morgan fingerprint density at radius 3 is 2.33 bits per heavy atom. The number of non-ortho nitro benzene ring substituents is 1. The topological polar surface area (TPSA) is 104 Å². The number of allylic oxidation sites excluding steroid dienone is 1. The molecule has 0 spiro atoms. The van der Waals surface area contributed by atoms with Gasteiger partial charge in [0.1, 0.15) is 0 Å². The number of amides is 1. The average Bonchev–Trinajstić information content (AvgIpc) is 3.09. The van der Waals surface area contributed by atoms with Crippen molar-refractivity contribution < 1.29 is 19.6 Å². The van der Waals surface area contributed by atoms with Crippen LogP contribution in [-0.2, 0) is 9.59 Å². The lowest BCUT2D eigenvalue weighted by Crippen LogP contribution is -2.38. The molecule has 1 amide bonds. The molecule has 8 heteroatoms. The highest BCUT2D eigenvalue weighted by molar-refractivity contribution is 6.14. The van der Waals surface area contributed by atoms with E-state index in [1.54, 1.807) is 6.08 Å². The minimum Gasteiger partial charge on any atom is -0.503 e. The van der Waals surface area contributed by atoms with E-state index < -0.39 is 28.4 Å². The molecule has 1 unspecified atom stereocenters. The lowest BCUT2D eigenvalue weighted by molar-refractivity contribution is -0.384. The lowest BCUT2D eigenvalue weighted by atomic mass is 9.95. The molecule has 0 bridgehead atoms. The first-order chi connectivity index (χ1) is 15.9. The molecular formula is C25H27N3O5. The molecule has 1 aliphatic rings. The van der Waals surface area contributed by atoms with Crippen LogP contribution in [0.2, 0.25) is 0 Å². The number of nitro groups is 1. The van der Waals surface area contributed by atoms with Crippen LogP contribution in [0.15, 0.2) is 72.0 Å². The second-order valence-electron chi connectivity index (χ2n) is 7.65. The molecule has 33 heavy (non-hydrogen) atoms. The smallest absolute Gasteiger partial charge is 0.290 e. The molecule has 0 saturated carbocycles. The number of hydrogen-bond donors (Lipinski definition) is 1. The van der Waals surface area contributed by atoms with Gasteiger partial charge in [0.2, 0.25) is 0 Å². The number of carbonyl (C=O) groups is 2. The van der Waals surface area contributed by atoms with E-state index in [0.29, 0.717) is 18.7 Å². The summed E-state index contributed by atoms with van der Waals surface area (Å²) in [5.74, 6) is -1.69. The molecule has 8 nitrogen and oxygen atoms in total. The normalized spacial score (nSPS) is 16.3. The van der Waals surface area contributed by atoms with Crippen LogP contribution in [0, 0.1) is 10.1 Å². The van der Waals surface area contributed by atoms with E-state index in [2.05, 4.69) is 4.90 Å². The first-order valence-corrected chi connectivity index (χ1v) is 10.9. The quantitative estimate of drug-likeness (QED) is 0.335. The van der Waals surface area contributed by atoms with Crippen molar-refractivity contribution in [2.45, 2.75) is 19.9 Å². The molecule has 1 aliphatic heterocycles. The van der Waals surface area contributed by atoms with Gasteiger partial charge in [-0.2, -0.15) is 0 Å². The van der Waals surface area contributed by atoms with E-state index in [0.717, 1.165) is 18.7 Å². The van der Waals surface area contributed by atoms with E-state index >= 15 is 0 Å². The summed E-state index contributed by atoms with van der Waals surface area (Å²) in [6.07, 6.45) is 2.96. The van der Waals surface area contributed by atoms with Crippen LogP contribution in [-0.4, -0.2) is 57.7 Å². The molecule has 1 atom stereocenters. The molecule has 0 fully saturated rings. The first kappa shape index (κ1) is 23.9. The maximum atomic E-state index is 13.1. The molecule has 2 aromatic rings. The Morgan fingerprint density at radius 2 is 1.76 bits per heavy atom. The number of nitrogens with zero attached hydrogens (tertiary/aromatic N) is 3. The molecule has 0 aliphatic carbocycles. The third kappa shape index (κ3) is 5.35. The summed E-state index contributed by atoms with van der Waals surface area (Å²) in [4.78, 5) is 40.2. The number of rotatable bonds is 10. The van der Waals surface area contributed by atoms with Crippen LogP contribution in [0.25, 0.3) is 6.08 Å². The third-order valence-corrected chi connectivity index (χ3v) is 5.77. The number of benzene rings is 2. The van der Waals surface area contributed by atoms with E-state index in [4.69, 9.17) is 0 Å². The molecule has 0 radical (unpaired) electrons. The number of ketones is 1. The highest BCUT2D eigenvalue weighted by Crippen LogP contribution is 2.38. The molecule has 2 aromatic carbocycles. The Morgan fingerprint density at radius 1 is 1.12 bits per heavy atom. The van der Waals surface area contributed by atoms with E-state index in [1.165, 1.54) is 35.2 Å². The van der Waals surface area contributed by atoms with Gasteiger partial charge in [-0.1, -0.05) is 50.3 Å². The van der Waals surface area contributed by atoms with Gasteiger partial charge in [0.05, 0.1) is 16.5 Å². The lowest BCUT2D eigenvalue weighted by Gasteiger charge is -2.29. The summed E-state index contributed by atoms with van der Waals surface area (Å²) in [5.41, 5.74) is 1.21. The Hall–Kier alpha value is -3.78. The monoisotopic (exact) mass is 449 g/mol. The van der Waals surface area contributed by atoms with Crippen molar-refractivity contribution in [1.82, 2.24) is 9.80 Å². The van der Waals surface area contributed by atoms with E-state index in [-0.39, 0.29) is 11.3 Å². The summed E-state index contributed by atoms with van der Waals surface area (Å²) in [6, 6.07) is 14.1. The summed E-state index contributed by atoms with van der Waals surface area (Å²) >= 11 is 0. The Kier molecular flexibility index (Phi) is 7.74. The van der Waals surface area contributed by atoms with Crippen LogP contribution in [0.1, 0.15) is 31.0 Å². The Bertz CT molecular complexity index is 1070. The zero-order valence-electron chi connectivity index (χ0n) is 18.7. The van der Waals surface area contributed by atoms with Crippen molar-refractivity contribution in [2.75, 3.05) is 26.2 Å². The van der Waals surface area contributed by atoms with Crippen molar-refractivity contribution in [3.8, 4) is 0 Å². The Labute approximate surface area is 192 Å². The van der Waals surface area contributed by atoms with E-state index in [9.17, 15) is 24.8 Å². The zero-order valence-corrected chi connectivity index (χ0v) is 18.7.